The van der Waals surface area contributed by atoms with E-state index < -0.39 is 39.9 Å². The summed E-state index contributed by atoms with van der Waals surface area (Å²) in [4.78, 5) is 29.7. The van der Waals surface area contributed by atoms with Gasteiger partial charge < -0.3 is 10.2 Å². The van der Waals surface area contributed by atoms with Crippen LogP contribution in [0.3, 0.4) is 0 Å². The van der Waals surface area contributed by atoms with Crippen LogP contribution in [0.2, 0.25) is 0 Å². The summed E-state index contributed by atoms with van der Waals surface area (Å²) in [5, 5.41) is 3.00. The van der Waals surface area contributed by atoms with Crippen molar-refractivity contribution in [2.24, 2.45) is 0 Å². The summed E-state index contributed by atoms with van der Waals surface area (Å²) in [6.45, 7) is 8.64. The van der Waals surface area contributed by atoms with Gasteiger partial charge in [-0.1, -0.05) is 90.0 Å². The number of nitrogens with zero attached hydrogens (tertiary/aromatic N) is 2. The third-order valence-corrected chi connectivity index (χ3v) is 9.03. The number of aryl methyl sites for hydroxylation is 2. The van der Waals surface area contributed by atoms with E-state index in [1.165, 1.54) is 35.2 Å². The van der Waals surface area contributed by atoms with Gasteiger partial charge in [0.2, 0.25) is 11.8 Å². The van der Waals surface area contributed by atoms with Gasteiger partial charge in [-0.3, -0.25) is 13.9 Å². The van der Waals surface area contributed by atoms with E-state index in [2.05, 4.69) is 5.32 Å². The Kier molecular flexibility index (Phi) is 10.4. The molecule has 0 heterocycles. The second-order valence-electron chi connectivity index (χ2n) is 12.2. The lowest BCUT2D eigenvalue weighted by atomic mass is 10.0. The van der Waals surface area contributed by atoms with Gasteiger partial charge in [0.15, 0.2) is 0 Å². The van der Waals surface area contributed by atoms with Gasteiger partial charge in [0.1, 0.15) is 18.4 Å². The molecule has 0 aliphatic heterocycles. The van der Waals surface area contributed by atoms with Crippen molar-refractivity contribution in [2.45, 2.75) is 64.1 Å². The maximum absolute atomic E-state index is 15.3. The first-order valence-electron chi connectivity index (χ1n) is 14.8. The second kappa shape index (κ2) is 14.1. The van der Waals surface area contributed by atoms with Crippen molar-refractivity contribution in [1.82, 2.24) is 10.2 Å². The zero-order valence-corrected chi connectivity index (χ0v) is 27.1. The first-order chi connectivity index (χ1) is 21.2. The Balaban J connectivity index is 1.82. The number of amides is 2. The molecule has 9 heteroatoms. The fourth-order valence-electron chi connectivity index (χ4n) is 4.90. The highest BCUT2D eigenvalue weighted by atomic mass is 32.2. The van der Waals surface area contributed by atoms with E-state index in [4.69, 9.17) is 0 Å². The highest BCUT2D eigenvalue weighted by molar-refractivity contribution is 7.92. The number of nitrogens with one attached hydrogen (secondary N) is 1. The molecule has 0 aliphatic rings. The Morgan fingerprint density at radius 1 is 0.778 bits per heavy atom. The molecule has 0 radical (unpaired) electrons. The van der Waals surface area contributed by atoms with Gasteiger partial charge in [0.05, 0.1) is 10.6 Å². The van der Waals surface area contributed by atoms with Gasteiger partial charge in [-0.25, -0.2) is 12.8 Å². The lowest BCUT2D eigenvalue weighted by molar-refractivity contribution is -0.140. The van der Waals surface area contributed by atoms with Crippen LogP contribution in [0, 0.1) is 19.7 Å². The molecule has 4 rings (SSSR count). The van der Waals surface area contributed by atoms with Crippen molar-refractivity contribution >= 4 is 27.5 Å². The monoisotopic (exact) mass is 629 g/mol. The minimum Gasteiger partial charge on any atom is -0.350 e. The highest BCUT2D eigenvalue weighted by Gasteiger charge is 2.36. The number of halogens is 1. The predicted molar refractivity (Wildman–Crippen MR) is 176 cm³/mol. The Morgan fingerprint density at radius 3 is 1.91 bits per heavy atom. The minimum absolute atomic E-state index is 0.0316. The molecule has 45 heavy (non-hydrogen) atoms. The van der Waals surface area contributed by atoms with Gasteiger partial charge in [-0.2, -0.15) is 0 Å². The number of sulfonamides is 1. The van der Waals surface area contributed by atoms with E-state index >= 15 is 4.39 Å². The molecule has 0 aromatic heterocycles. The molecule has 4 aromatic rings. The summed E-state index contributed by atoms with van der Waals surface area (Å²) in [5.41, 5.74) is 2.60. The van der Waals surface area contributed by atoms with E-state index in [0.29, 0.717) is 0 Å². The molecule has 0 saturated carbocycles. The molecule has 4 aromatic carbocycles. The molecule has 0 aliphatic carbocycles. The van der Waals surface area contributed by atoms with Crippen LogP contribution in [0.5, 0.6) is 0 Å². The summed E-state index contributed by atoms with van der Waals surface area (Å²) < 4.78 is 44.1. The maximum Gasteiger partial charge on any atom is 0.264 e. The topological polar surface area (TPSA) is 86.8 Å². The Labute approximate surface area is 265 Å². The number of carbonyl (C=O) groups is 2. The van der Waals surface area contributed by atoms with E-state index in [-0.39, 0.29) is 29.5 Å². The number of benzene rings is 4. The van der Waals surface area contributed by atoms with E-state index in [1.54, 1.807) is 12.1 Å². The molecule has 1 N–H and O–H groups in total. The number of rotatable bonds is 11. The SMILES string of the molecule is Cc1ccc(CN(C(=O)CN(c2ccccc2F)S(=O)(=O)c2ccc(C)cc2)[C@@H](Cc2ccccc2)C(=O)NC(C)(C)C)cc1. The maximum atomic E-state index is 15.3. The number of hydrogen-bond donors (Lipinski definition) is 1. The summed E-state index contributed by atoms with van der Waals surface area (Å²) >= 11 is 0. The third kappa shape index (κ3) is 8.79. The Hall–Kier alpha value is -4.50. The van der Waals surface area contributed by atoms with Gasteiger partial charge in [0, 0.05) is 18.5 Å². The zero-order chi connectivity index (χ0) is 32.8. The van der Waals surface area contributed by atoms with Crippen molar-refractivity contribution in [2.75, 3.05) is 10.8 Å². The molecule has 0 fully saturated rings. The molecular weight excluding hydrogens is 589 g/mol. The minimum atomic E-state index is -4.39. The van der Waals surface area contributed by atoms with Crippen LogP contribution >= 0.6 is 0 Å². The molecule has 0 spiro atoms. The van der Waals surface area contributed by atoms with Crippen molar-refractivity contribution in [3.8, 4) is 0 Å². The summed E-state index contributed by atoms with van der Waals surface area (Å²) in [7, 11) is -4.39. The van der Waals surface area contributed by atoms with Crippen LogP contribution in [-0.4, -0.2) is 43.3 Å². The molecule has 0 bridgehead atoms. The Bertz CT molecular complexity index is 1720. The average Bonchev–Trinajstić information content (AvgIpc) is 2.99. The second-order valence-corrected chi connectivity index (χ2v) is 14.1. The number of para-hydroxylation sites is 1. The number of hydrogen-bond acceptors (Lipinski definition) is 4. The lowest BCUT2D eigenvalue weighted by Crippen LogP contribution is -2.56. The fraction of sp³-hybridized carbons (Fsp3) is 0.278. The van der Waals surface area contributed by atoms with Crippen LogP contribution in [0.25, 0.3) is 0 Å². The molecular formula is C36H40FN3O4S. The molecule has 0 saturated heterocycles. The molecule has 2 amide bonds. The fourth-order valence-corrected chi connectivity index (χ4v) is 6.32. The lowest BCUT2D eigenvalue weighted by Gasteiger charge is -2.35. The molecule has 1 atom stereocenters. The number of carbonyl (C=O) groups excluding carboxylic acids is 2. The van der Waals surface area contributed by atoms with Crippen LogP contribution in [0.15, 0.2) is 108 Å². The third-order valence-electron chi connectivity index (χ3n) is 7.25. The van der Waals surface area contributed by atoms with Crippen LogP contribution in [0.4, 0.5) is 10.1 Å². The van der Waals surface area contributed by atoms with E-state index in [9.17, 15) is 18.0 Å². The van der Waals surface area contributed by atoms with Gasteiger partial charge in [-0.15, -0.1) is 0 Å². The number of anilines is 1. The Morgan fingerprint density at radius 2 is 1.33 bits per heavy atom. The first kappa shape index (κ1) is 33.4. The van der Waals surface area contributed by atoms with Crippen LogP contribution < -0.4 is 9.62 Å². The zero-order valence-electron chi connectivity index (χ0n) is 26.3. The largest absolute Gasteiger partial charge is 0.350 e. The quantitative estimate of drug-likeness (QED) is 0.214. The van der Waals surface area contributed by atoms with Crippen LogP contribution in [-0.2, 0) is 32.6 Å². The van der Waals surface area contributed by atoms with Crippen molar-refractivity contribution < 1.29 is 22.4 Å². The molecule has 7 nitrogen and oxygen atoms in total. The van der Waals surface area contributed by atoms with Gasteiger partial charge in [0.25, 0.3) is 10.0 Å². The van der Waals surface area contributed by atoms with Gasteiger partial charge >= 0.3 is 0 Å². The summed E-state index contributed by atoms with van der Waals surface area (Å²) in [5.74, 6) is -1.83. The summed E-state index contributed by atoms with van der Waals surface area (Å²) in [6.07, 6.45) is 0.185. The predicted octanol–water partition coefficient (Wildman–Crippen LogP) is 6.19. The molecule has 0 unspecified atom stereocenters. The summed E-state index contributed by atoms with van der Waals surface area (Å²) in [6, 6.07) is 27.5. The highest BCUT2D eigenvalue weighted by Crippen LogP contribution is 2.27. The van der Waals surface area contributed by atoms with Gasteiger partial charge in [-0.05, 0) is 70.0 Å². The first-order valence-corrected chi connectivity index (χ1v) is 16.2. The van der Waals surface area contributed by atoms with E-state index in [0.717, 1.165) is 32.6 Å². The standard InChI is InChI=1S/C36H40FN3O4S/c1-26-15-19-29(20-16-26)24-39(33(35(42)38-36(3,4)5)23-28-11-7-6-8-12-28)34(41)25-40(32-14-10-9-13-31(32)37)45(43,44)30-21-17-27(2)18-22-30/h6-22,33H,23-25H2,1-5H3,(H,38,42)/t33-/m0/s1. The van der Waals surface area contributed by atoms with E-state index in [1.807, 2.05) is 89.2 Å². The van der Waals surface area contributed by atoms with Crippen molar-refractivity contribution in [3.63, 3.8) is 0 Å². The van der Waals surface area contributed by atoms with Crippen molar-refractivity contribution in [1.29, 1.82) is 0 Å². The normalized spacial score (nSPS) is 12.3. The molecule has 236 valence electrons. The average molecular weight is 630 g/mol. The van der Waals surface area contributed by atoms with Crippen LogP contribution in [0.1, 0.15) is 43.0 Å². The smallest absolute Gasteiger partial charge is 0.264 e. The van der Waals surface area contributed by atoms with Crippen molar-refractivity contribution in [3.05, 3.63) is 131 Å².